The van der Waals surface area contributed by atoms with Crippen LogP contribution in [0.3, 0.4) is 0 Å². The van der Waals surface area contributed by atoms with Crippen molar-refractivity contribution in [1.82, 2.24) is 15.2 Å². The number of fused-ring (bicyclic) bond motifs is 1. The molecular formula is C12H17N3O2S. The molecule has 98 valence electrons. The molecule has 6 heteroatoms. The molecule has 0 amide bonds. The van der Waals surface area contributed by atoms with E-state index in [1.807, 2.05) is 12.1 Å². The Hall–Kier alpha value is -0.980. The first kappa shape index (κ1) is 12.1. The second-order valence-corrected chi connectivity index (χ2v) is 7.18. The molecule has 2 saturated heterocycles. The van der Waals surface area contributed by atoms with E-state index < -0.39 is 9.84 Å². The van der Waals surface area contributed by atoms with Crippen molar-refractivity contribution < 1.29 is 8.42 Å². The van der Waals surface area contributed by atoms with Crippen molar-refractivity contribution in [2.75, 3.05) is 24.6 Å². The number of piperazine rings is 1. The maximum atomic E-state index is 11.7. The minimum absolute atomic E-state index is 0.102. The molecule has 2 aliphatic rings. The van der Waals surface area contributed by atoms with Crippen molar-refractivity contribution in [2.24, 2.45) is 0 Å². The van der Waals surface area contributed by atoms with E-state index in [2.05, 4.69) is 15.2 Å². The summed E-state index contributed by atoms with van der Waals surface area (Å²) in [5.74, 6) is 0.570. The Kier molecular flexibility index (Phi) is 3.09. The summed E-state index contributed by atoms with van der Waals surface area (Å²) in [6.45, 7) is 2.57. The molecule has 2 atom stereocenters. The van der Waals surface area contributed by atoms with Gasteiger partial charge in [0.05, 0.1) is 11.5 Å². The fourth-order valence-corrected chi connectivity index (χ4v) is 4.85. The van der Waals surface area contributed by atoms with Crippen molar-refractivity contribution in [3.05, 3.63) is 30.1 Å². The third-order valence-corrected chi connectivity index (χ3v) is 5.45. The SMILES string of the molecule is O=S1(=O)CC2NCCN(Cc3ccncc3)C2C1. The molecule has 0 spiro atoms. The van der Waals surface area contributed by atoms with E-state index in [1.54, 1.807) is 12.4 Å². The third kappa shape index (κ3) is 2.41. The summed E-state index contributed by atoms with van der Waals surface area (Å²) in [7, 11) is -2.87. The van der Waals surface area contributed by atoms with Gasteiger partial charge in [0.15, 0.2) is 9.84 Å². The van der Waals surface area contributed by atoms with Crippen LogP contribution in [0, 0.1) is 0 Å². The summed E-state index contributed by atoms with van der Waals surface area (Å²) < 4.78 is 23.4. The van der Waals surface area contributed by atoms with Gasteiger partial charge in [-0.15, -0.1) is 0 Å². The Balaban J connectivity index is 1.76. The molecule has 2 aliphatic heterocycles. The normalized spacial score (nSPS) is 31.1. The summed E-state index contributed by atoms with van der Waals surface area (Å²) in [6, 6.07) is 4.20. The maximum absolute atomic E-state index is 11.7. The van der Waals surface area contributed by atoms with Gasteiger partial charge < -0.3 is 5.32 Å². The molecule has 1 aromatic rings. The lowest BCUT2D eigenvalue weighted by Gasteiger charge is -2.37. The minimum Gasteiger partial charge on any atom is -0.310 e. The fraction of sp³-hybridized carbons (Fsp3) is 0.583. The van der Waals surface area contributed by atoms with Crippen LogP contribution in [0.5, 0.6) is 0 Å². The predicted octanol–water partition coefficient (Wildman–Crippen LogP) is -0.348. The number of hydrogen-bond donors (Lipinski definition) is 1. The molecule has 0 aromatic carbocycles. The average Bonchev–Trinajstić information content (AvgIpc) is 2.66. The Morgan fingerprint density at radius 3 is 2.89 bits per heavy atom. The summed E-state index contributed by atoms with van der Waals surface area (Å²) >= 11 is 0. The van der Waals surface area contributed by atoms with Crippen molar-refractivity contribution in [1.29, 1.82) is 0 Å². The first-order valence-corrected chi connectivity index (χ1v) is 8.03. The predicted molar refractivity (Wildman–Crippen MR) is 68.9 cm³/mol. The van der Waals surface area contributed by atoms with Gasteiger partial charge in [0, 0.05) is 44.1 Å². The molecule has 0 saturated carbocycles. The van der Waals surface area contributed by atoms with Crippen LogP contribution in [0.15, 0.2) is 24.5 Å². The molecule has 2 fully saturated rings. The number of pyridine rings is 1. The Morgan fingerprint density at radius 2 is 2.11 bits per heavy atom. The van der Waals surface area contributed by atoms with Gasteiger partial charge in [-0.2, -0.15) is 0 Å². The Bertz CT molecular complexity index is 517. The van der Waals surface area contributed by atoms with Crippen LogP contribution in [0.2, 0.25) is 0 Å². The zero-order valence-electron chi connectivity index (χ0n) is 10.1. The van der Waals surface area contributed by atoms with Crippen LogP contribution in [0.4, 0.5) is 0 Å². The highest BCUT2D eigenvalue weighted by molar-refractivity contribution is 7.91. The van der Waals surface area contributed by atoms with Crippen LogP contribution in [0.1, 0.15) is 5.56 Å². The number of nitrogens with one attached hydrogen (secondary N) is 1. The van der Waals surface area contributed by atoms with E-state index >= 15 is 0 Å². The highest BCUT2D eigenvalue weighted by Crippen LogP contribution is 2.22. The molecule has 1 aromatic heterocycles. The lowest BCUT2D eigenvalue weighted by atomic mass is 10.1. The number of nitrogens with zero attached hydrogens (tertiary/aromatic N) is 2. The van der Waals surface area contributed by atoms with E-state index in [0.29, 0.717) is 0 Å². The zero-order valence-corrected chi connectivity index (χ0v) is 10.9. The van der Waals surface area contributed by atoms with Crippen LogP contribution >= 0.6 is 0 Å². The van der Waals surface area contributed by atoms with E-state index in [4.69, 9.17) is 0 Å². The third-order valence-electron chi connectivity index (χ3n) is 3.73. The molecule has 2 unspecified atom stereocenters. The summed E-state index contributed by atoms with van der Waals surface area (Å²) in [5, 5.41) is 3.32. The van der Waals surface area contributed by atoms with E-state index in [1.165, 1.54) is 5.56 Å². The second-order valence-electron chi connectivity index (χ2n) is 5.03. The van der Waals surface area contributed by atoms with Crippen molar-refractivity contribution in [3.63, 3.8) is 0 Å². The van der Waals surface area contributed by atoms with Gasteiger partial charge in [0.25, 0.3) is 0 Å². The quantitative estimate of drug-likeness (QED) is 0.794. The lowest BCUT2D eigenvalue weighted by Crippen LogP contribution is -2.56. The van der Waals surface area contributed by atoms with Gasteiger partial charge in [0.1, 0.15) is 0 Å². The molecule has 5 nitrogen and oxygen atoms in total. The van der Waals surface area contributed by atoms with E-state index in [9.17, 15) is 8.42 Å². The lowest BCUT2D eigenvalue weighted by molar-refractivity contribution is 0.141. The minimum atomic E-state index is -2.87. The number of sulfone groups is 1. The summed E-state index contributed by atoms with van der Waals surface area (Å²) in [6.07, 6.45) is 3.56. The largest absolute Gasteiger partial charge is 0.310 e. The van der Waals surface area contributed by atoms with Gasteiger partial charge in [-0.25, -0.2) is 8.42 Å². The summed E-state index contributed by atoms with van der Waals surface area (Å²) in [5.41, 5.74) is 1.19. The van der Waals surface area contributed by atoms with Crippen LogP contribution in [-0.2, 0) is 16.4 Å². The molecule has 0 aliphatic carbocycles. The zero-order chi connectivity index (χ0) is 12.6. The van der Waals surface area contributed by atoms with E-state index in [0.717, 1.165) is 19.6 Å². The van der Waals surface area contributed by atoms with Crippen LogP contribution in [-0.4, -0.2) is 55.0 Å². The maximum Gasteiger partial charge on any atom is 0.153 e. The van der Waals surface area contributed by atoms with Gasteiger partial charge >= 0.3 is 0 Å². The number of aromatic nitrogens is 1. The van der Waals surface area contributed by atoms with Crippen LogP contribution < -0.4 is 5.32 Å². The Labute approximate surface area is 107 Å². The molecule has 1 N–H and O–H groups in total. The molecule has 0 radical (unpaired) electrons. The Morgan fingerprint density at radius 1 is 1.33 bits per heavy atom. The fourth-order valence-electron chi connectivity index (χ4n) is 2.86. The first-order chi connectivity index (χ1) is 8.64. The van der Waals surface area contributed by atoms with Gasteiger partial charge in [0.2, 0.25) is 0 Å². The molecule has 3 rings (SSSR count). The topological polar surface area (TPSA) is 62.3 Å². The highest BCUT2D eigenvalue weighted by Gasteiger charge is 2.42. The van der Waals surface area contributed by atoms with Crippen molar-refractivity contribution >= 4 is 9.84 Å². The standard InChI is InChI=1S/C12H17N3O2S/c16-18(17)8-11-12(9-18)15(6-5-14-11)7-10-1-3-13-4-2-10/h1-4,11-12,14H,5-9H2. The second kappa shape index (κ2) is 4.60. The molecule has 0 bridgehead atoms. The van der Waals surface area contributed by atoms with E-state index in [-0.39, 0.29) is 23.6 Å². The number of hydrogen-bond acceptors (Lipinski definition) is 5. The summed E-state index contributed by atoms with van der Waals surface area (Å²) in [4.78, 5) is 6.28. The smallest absolute Gasteiger partial charge is 0.153 e. The molecular weight excluding hydrogens is 250 g/mol. The highest BCUT2D eigenvalue weighted by atomic mass is 32.2. The van der Waals surface area contributed by atoms with Crippen molar-refractivity contribution in [2.45, 2.75) is 18.6 Å². The number of rotatable bonds is 2. The van der Waals surface area contributed by atoms with Crippen LogP contribution in [0.25, 0.3) is 0 Å². The monoisotopic (exact) mass is 267 g/mol. The van der Waals surface area contributed by atoms with Gasteiger partial charge in [-0.05, 0) is 17.7 Å². The van der Waals surface area contributed by atoms with Gasteiger partial charge in [-0.3, -0.25) is 9.88 Å². The van der Waals surface area contributed by atoms with Crippen molar-refractivity contribution in [3.8, 4) is 0 Å². The van der Waals surface area contributed by atoms with Gasteiger partial charge in [-0.1, -0.05) is 0 Å². The average molecular weight is 267 g/mol. The first-order valence-electron chi connectivity index (χ1n) is 6.21. The molecule has 3 heterocycles. The molecule has 18 heavy (non-hydrogen) atoms.